The summed E-state index contributed by atoms with van der Waals surface area (Å²) in [6.45, 7) is 0.871. The topological polar surface area (TPSA) is 128 Å². The molecule has 0 aliphatic carbocycles. The number of aliphatic hydroxyl groups excluding tert-OH is 3. The predicted octanol–water partition coefficient (Wildman–Crippen LogP) is 5.60. The third-order valence-corrected chi connectivity index (χ3v) is 7.52. The maximum Gasteiger partial charge on any atom is 0.472 e. The lowest BCUT2D eigenvalue weighted by Gasteiger charge is -2.27. The largest absolute Gasteiger partial charge is 0.472 e. The first-order valence-electron chi connectivity index (χ1n) is 12.0. The van der Waals surface area contributed by atoms with E-state index < -0.39 is 51.1 Å². The zero-order valence-electron chi connectivity index (χ0n) is 20.8. The molecule has 0 fully saturated rings. The molecule has 0 heterocycles. The number of fused-ring (bicyclic) bond motifs is 3. The fourth-order valence-corrected chi connectivity index (χ4v) is 5.52. The summed E-state index contributed by atoms with van der Waals surface area (Å²) < 4.78 is 63.3. The van der Waals surface area contributed by atoms with Crippen LogP contribution in [-0.2, 0) is 19.8 Å². The van der Waals surface area contributed by atoms with E-state index >= 15 is 0 Å². The van der Waals surface area contributed by atoms with Gasteiger partial charge in [0.1, 0.15) is 18.3 Å². The molecule has 4 atom stereocenters. The van der Waals surface area contributed by atoms with Gasteiger partial charge in [-0.15, -0.1) is 0 Å². The van der Waals surface area contributed by atoms with Crippen LogP contribution in [0.5, 0.6) is 0 Å². The number of hydrogen-bond acceptors (Lipinski definition) is 7. The number of benzene rings is 3. The van der Waals surface area contributed by atoms with Crippen molar-refractivity contribution in [2.75, 3.05) is 26.3 Å². The molecule has 8 nitrogen and oxygen atoms in total. The van der Waals surface area contributed by atoms with Crippen LogP contribution in [-0.4, -0.2) is 58.7 Å². The van der Waals surface area contributed by atoms with E-state index in [9.17, 15) is 32.8 Å². The summed E-state index contributed by atoms with van der Waals surface area (Å²) in [6, 6.07) is 7.32. The number of unbranched alkanes of at least 4 members (excludes halogenated alkanes) is 1. The molecule has 0 aliphatic rings. The minimum atomic E-state index is -4.86. The summed E-state index contributed by atoms with van der Waals surface area (Å²) in [5.41, 5.74) is -0.836. The highest BCUT2D eigenvalue weighted by Gasteiger charge is 2.35. The van der Waals surface area contributed by atoms with Gasteiger partial charge >= 0.3 is 14.0 Å². The Morgan fingerprint density at radius 2 is 1.74 bits per heavy atom. The standard InChI is InChI=1S/C25H29Cl2F3NO7P/c1-2-3-6-31-11-23(38-39(35,36)37-13-16(33)12-32)24(34)21-10-20-19(8-15(26)9-22(20)27)18-7-14(25(28,29)30)4-5-17(18)21/h4-5,7-10,16,23-24,31-34H,2-3,6,11-13H2,1H3,(H,35,36). The molecule has 0 radical (unpaired) electrons. The van der Waals surface area contributed by atoms with E-state index in [-0.39, 0.29) is 32.9 Å². The fourth-order valence-electron chi connectivity index (χ4n) is 4.01. The molecule has 39 heavy (non-hydrogen) atoms. The van der Waals surface area contributed by atoms with Gasteiger partial charge in [-0.3, -0.25) is 9.05 Å². The molecule has 216 valence electrons. The fraction of sp³-hybridized carbons (Fsp3) is 0.440. The summed E-state index contributed by atoms with van der Waals surface area (Å²) in [7, 11) is -4.86. The Morgan fingerprint density at radius 3 is 2.38 bits per heavy atom. The lowest BCUT2D eigenvalue weighted by atomic mass is 9.91. The van der Waals surface area contributed by atoms with Gasteiger partial charge in [0.2, 0.25) is 0 Å². The molecule has 5 N–H and O–H groups in total. The van der Waals surface area contributed by atoms with Crippen LogP contribution in [0.25, 0.3) is 21.5 Å². The maximum absolute atomic E-state index is 13.6. The van der Waals surface area contributed by atoms with E-state index in [1.165, 1.54) is 24.3 Å². The molecule has 0 bridgehead atoms. The van der Waals surface area contributed by atoms with Crippen molar-refractivity contribution in [3.8, 4) is 0 Å². The Kier molecular flexibility index (Phi) is 11.0. The van der Waals surface area contributed by atoms with Gasteiger partial charge in [-0.2, -0.15) is 13.2 Å². The normalized spacial score (nSPS) is 16.4. The monoisotopic (exact) mass is 613 g/mol. The van der Waals surface area contributed by atoms with Gasteiger partial charge < -0.3 is 25.5 Å². The number of hydrogen-bond donors (Lipinski definition) is 5. The van der Waals surface area contributed by atoms with E-state index in [1.807, 2.05) is 6.92 Å². The Labute approximate surface area is 232 Å². The number of halogens is 5. The third-order valence-electron chi connectivity index (χ3n) is 5.98. The van der Waals surface area contributed by atoms with E-state index in [2.05, 4.69) is 5.32 Å². The Morgan fingerprint density at radius 1 is 1.05 bits per heavy atom. The van der Waals surface area contributed by atoms with Crippen LogP contribution in [0.4, 0.5) is 13.2 Å². The average Bonchev–Trinajstić information content (AvgIpc) is 2.87. The molecule has 0 saturated carbocycles. The minimum absolute atomic E-state index is 0.0909. The van der Waals surface area contributed by atoms with Crippen molar-refractivity contribution in [3.63, 3.8) is 0 Å². The summed E-state index contributed by atoms with van der Waals surface area (Å²) in [4.78, 5) is 10.2. The first-order valence-corrected chi connectivity index (χ1v) is 14.3. The first-order chi connectivity index (χ1) is 18.3. The van der Waals surface area contributed by atoms with E-state index in [0.29, 0.717) is 17.3 Å². The highest BCUT2D eigenvalue weighted by atomic mass is 35.5. The van der Waals surface area contributed by atoms with E-state index in [1.54, 1.807) is 0 Å². The molecule has 0 aliphatic heterocycles. The Hall–Kier alpha value is -1.50. The third kappa shape index (κ3) is 8.27. The number of nitrogens with one attached hydrogen (secondary N) is 1. The number of phosphoric ester groups is 1. The van der Waals surface area contributed by atoms with Crippen molar-refractivity contribution in [2.45, 2.75) is 44.3 Å². The van der Waals surface area contributed by atoms with Crippen molar-refractivity contribution < 1.29 is 47.0 Å². The molecular weight excluding hydrogens is 585 g/mol. The van der Waals surface area contributed by atoms with Gasteiger partial charge in [-0.25, -0.2) is 4.57 Å². The molecular formula is C25H29Cl2F3NO7P. The summed E-state index contributed by atoms with van der Waals surface area (Å²) in [5.74, 6) is 0. The summed E-state index contributed by atoms with van der Waals surface area (Å²) >= 11 is 12.5. The van der Waals surface area contributed by atoms with Gasteiger partial charge in [0.05, 0.1) is 18.8 Å². The highest BCUT2D eigenvalue weighted by Crippen LogP contribution is 2.47. The van der Waals surface area contributed by atoms with Gasteiger partial charge in [-0.1, -0.05) is 42.6 Å². The van der Waals surface area contributed by atoms with Crippen LogP contribution in [0.1, 0.15) is 37.0 Å². The van der Waals surface area contributed by atoms with Crippen LogP contribution in [0.15, 0.2) is 36.4 Å². The zero-order valence-corrected chi connectivity index (χ0v) is 23.2. The number of phosphoric acid groups is 1. The van der Waals surface area contributed by atoms with Crippen molar-refractivity contribution in [1.82, 2.24) is 5.32 Å². The van der Waals surface area contributed by atoms with Crippen molar-refractivity contribution >= 4 is 52.6 Å². The summed E-state index contributed by atoms with van der Waals surface area (Å²) in [6.07, 6.45) is -7.54. The lowest BCUT2D eigenvalue weighted by molar-refractivity contribution is -0.137. The van der Waals surface area contributed by atoms with E-state index in [0.717, 1.165) is 25.0 Å². The zero-order chi connectivity index (χ0) is 29.0. The maximum atomic E-state index is 13.6. The van der Waals surface area contributed by atoms with Crippen LogP contribution in [0.3, 0.4) is 0 Å². The molecule has 0 aromatic heterocycles. The van der Waals surface area contributed by atoms with E-state index in [4.69, 9.17) is 37.4 Å². The second-order valence-electron chi connectivity index (χ2n) is 8.95. The molecule has 3 rings (SSSR count). The average molecular weight is 614 g/mol. The second kappa shape index (κ2) is 13.4. The van der Waals surface area contributed by atoms with Crippen LogP contribution >= 0.6 is 31.0 Å². The molecule has 0 saturated heterocycles. The van der Waals surface area contributed by atoms with Crippen LogP contribution in [0, 0.1) is 0 Å². The van der Waals surface area contributed by atoms with Gasteiger partial charge in [-0.05, 0) is 65.0 Å². The predicted molar refractivity (Wildman–Crippen MR) is 143 cm³/mol. The summed E-state index contributed by atoms with van der Waals surface area (Å²) in [5, 5.41) is 34.1. The molecule has 0 spiro atoms. The van der Waals surface area contributed by atoms with Gasteiger partial charge in [0.25, 0.3) is 0 Å². The first kappa shape index (κ1) is 32.0. The van der Waals surface area contributed by atoms with Crippen molar-refractivity contribution in [2.24, 2.45) is 0 Å². The van der Waals surface area contributed by atoms with Crippen molar-refractivity contribution in [1.29, 1.82) is 0 Å². The number of alkyl halides is 3. The Bertz CT molecular complexity index is 1340. The highest BCUT2D eigenvalue weighted by molar-refractivity contribution is 7.47. The lowest BCUT2D eigenvalue weighted by Crippen LogP contribution is -2.34. The molecule has 14 heteroatoms. The molecule has 4 unspecified atom stereocenters. The second-order valence-corrected chi connectivity index (χ2v) is 11.2. The van der Waals surface area contributed by atoms with Crippen LogP contribution in [0.2, 0.25) is 10.0 Å². The molecule has 3 aromatic carbocycles. The minimum Gasteiger partial charge on any atom is -0.394 e. The van der Waals surface area contributed by atoms with Crippen molar-refractivity contribution in [3.05, 3.63) is 57.6 Å². The molecule has 3 aromatic rings. The number of rotatable bonds is 13. The van der Waals surface area contributed by atoms with Crippen LogP contribution < -0.4 is 5.32 Å². The molecule has 0 amide bonds. The van der Waals surface area contributed by atoms with Gasteiger partial charge in [0.15, 0.2) is 0 Å². The number of aliphatic hydroxyl groups is 3. The SMILES string of the molecule is CCCCNCC(OP(=O)(O)OCC(O)CO)C(O)c1cc2c(Cl)cc(Cl)cc2c2cc(C(F)(F)F)ccc12. The quantitative estimate of drug-likeness (QED) is 0.0957. The smallest absolute Gasteiger partial charge is 0.394 e. The Balaban J connectivity index is 2.12. The van der Waals surface area contributed by atoms with Gasteiger partial charge in [0, 0.05) is 22.0 Å².